The second kappa shape index (κ2) is 5.88. The van der Waals surface area contributed by atoms with Crippen molar-refractivity contribution in [3.63, 3.8) is 0 Å². The molecule has 2 aromatic rings. The number of rotatable bonds is 5. The summed E-state index contributed by atoms with van der Waals surface area (Å²) in [6.07, 6.45) is 0. The van der Waals surface area contributed by atoms with Crippen LogP contribution < -0.4 is 4.72 Å². The Labute approximate surface area is 128 Å². The normalized spacial score (nSPS) is 12.0. The van der Waals surface area contributed by atoms with Gasteiger partial charge in [-0.25, -0.2) is 13.1 Å². The second-order valence-corrected chi connectivity index (χ2v) is 7.97. The molecule has 0 saturated heterocycles. The lowest BCUT2D eigenvalue weighted by molar-refractivity contribution is 0.285. The summed E-state index contributed by atoms with van der Waals surface area (Å²) >= 11 is 1.29. The topological polar surface area (TPSA) is 84.2 Å². The molecule has 0 fully saturated rings. The predicted molar refractivity (Wildman–Crippen MR) is 81.7 cm³/mol. The molecular weight excluding hydrogens is 310 g/mol. The highest BCUT2D eigenvalue weighted by Crippen LogP contribution is 2.26. The van der Waals surface area contributed by atoms with Gasteiger partial charge in [0.2, 0.25) is 10.0 Å². The Morgan fingerprint density at radius 1 is 1.38 bits per heavy atom. The van der Waals surface area contributed by atoms with Crippen molar-refractivity contribution in [2.75, 3.05) is 0 Å². The van der Waals surface area contributed by atoms with Crippen LogP contribution in [0.1, 0.15) is 26.7 Å². The van der Waals surface area contributed by atoms with Crippen LogP contribution in [0.25, 0.3) is 0 Å². The van der Waals surface area contributed by atoms with Gasteiger partial charge in [-0.2, -0.15) is 5.10 Å². The van der Waals surface area contributed by atoms with E-state index in [1.807, 2.05) is 20.9 Å². The van der Waals surface area contributed by atoms with Gasteiger partial charge in [0, 0.05) is 34.6 Å². The number of aliphatic hydroxyl groups excluding tert-OH is 1. The Hall–Kier alpha value is -1.22. The summed E-state index contributed by atoms with van der Waals surface area (Å²) in [4.78, 5) is 1.54. The molecule has 0 aromatic carbocycles. The van der Waals surface area contributed by atoms with Crippen molar-refractivity contribution in [2.45, 2.75) is 38.8 Å². The maximum absolute atomic E-state index is 12.4. The van der Waals surface area contributed by atoms with Crippen molar-refractivity contribution < 1.29 is 13.5 Å². The number of aliphatic hydroxyl groups is 1. The van der Waals surface area contributed by atoms with Gasteiger partial charge in [-0.3, -0.25) is 4.68 Å². The molecule has 2 heterocycles. The van der Waals surface area contributed by atoms with Crippen LogP contribution in [0.15, 0.2) is 11.0 Å². The highest BCUT2D eigenvalue weighted by atomic mass is 32.2. The Balaban J connectivity index is 2.23. The van der Waals surface area contributed by atoms with Crippen molar-refractivity contribution in [1.29, 1.82) is 0 Å². The number of sulfonamides is 1. The third-order valence-electron chi connectivity index (χ3n) is 3.47. The minimum Gasteiger partial charge on any atom is -0.391 e. The second-order valence-electron chi connectivity index (χ2n) is 4.89. The minimum atomic E-state index is -3.59. The molecule has 0 unspecified atom stereocenters. The number of aryl methyl sites for hydroxylation is 3. The van der Waals surface area contributed by atoms with Gasteiger partial charge in [-0.1, -0.05) is 0 Å². The van der Waals surface area contributed by atoms with Gasteiger partial charge in [0.15, 0.2) is 0 Å². The lowest BCUT2D eigenvalue weighted by Gasteiger charge is -2.07. The molecule has 0 spiro atoms. The highest BCUT2D eigenvalue weighted by Gasteiger charge is 2.21. The van der Waals surface area contributed by atoms with Crippen LogP contribution in [0.3, 0.4) is 0 Å². The summed E-state index contributed by atoms with van der Waals surface area (Å²) in [5.41, 5.74) is 2.64. The Bertz CT molecular complexity index is 760. The summed E-state index contributed by atoms with van der Waals surface area (Å²) in [5.74, 6) is 0. The molecule has 0 amide bonds. The minimum absolute atomic E-state index is 0.151. The van der Waals surface area contributed by atoms with Crippen LogP contribution in [0.2, 0.25) is 0 Å². The van der Waals surface area contributed by atoms with Crippen LogP contribution in [0, 0.1) is 20.8 Å². The molecule has 0 bridgehead atoms. The smallest absolute Gasteiger partial charge is 0.241 e. The monoisotopic (exact) mass is 329 g/mol. The first-order chi connectivity index (χ1) is 9.76. The molecule has 0 atom stereocenters. The zero-order chi connectivity index (χ0) is 15.8. The van der Waals surface area contributed by atoms with Crippen molar-refractivity contribution in [2.24, 2.45) is 7.05 Å². The van der Waals surface area contributed by atoms with E-state index in [-0.39, 0.29) is 18.0 Å². The van der Waals surface area contributed by atoms with E-state index in [4.69, 9.17) is 5.11 Å². The van der Waals surface area contributed by atoms with E-state index in [1.165, 1.54) is 17.4 Å². The van der Waals surface area contributed by atoms with Gasteiger partial charge in [-0.05, 0) is 26.8 Å². The molecule has 2 rings (SSSR count). The van der Waals surface area contributed by atoms with Crippen LogP contribution in [0.4, 0.5) is 0 Å². The average Bonchev–Trinajstić information content (AvgIpc) is 2.90. The summed E-state index contributed by atoms with van der Waals surface area (Å²) in [7, 11) is -1.76. The number of nitrogens with one attached hydrogen (secondary N) is 1. The number of thiophene rings is 1. The first-order valence-electron chi connectivity index (χ1n) is 6.45. The van der Waals surface area contributed by atoms with E-state index in [1.54, 1.807) is 11.6 Å². The maximum atomic E-state index is 12.4. The number of hydrogen-bond acceptors (Lipinski definition) is 5. The Kier molecular flexibility index (Phi) is 4.52. The van der Waals surface area contributed by atoms with Gasteiger partial charge in [-0.15, -0.1) is 11.3 Å². The molecular formula is C13H19N3O3S2. The van der Waals surface area contributed by atoms with Gasteiger partial charge in [0.1, 0.15) is 0 Å². The van der Waals surface area contributed by atoms with E-state index in [0.717, 1.165) is 17.0 Å². The molecule has 0 aliphatic heterocycles. The lowest BCUT2D eigenvalue weighted by Crippen LogP contribution is -2.24. The van der Waals surface area contributed by atoms with E-state index in [0.29, 0.717) is 9.75 Å². The number of aromatic nitrogens is 2. The average molecular weight is 329 g/mol. The van der Waals surface area contributed by atoms with E-state index in [2.05, 4.69) is 9.82 Å². The first kappa shape index (κ1) is 16.2. The zero-order valence-corrected chi connectivity index (χ0v) is 14.1. The van der Waals surface area contributed by atoms with E-state index >= 15 is 0 Å². The van der Waals surface area contributed by atoms with E-state index in [9.17, 15) is 8.42 Å². The van der Waals surface area contributed by atoms with Crippen molar-refractivity contribution >= 4 is 21.4 Å². The molecule has 8 heteroatoms. The van der Waals surface area contributed by atoms with Crippen LogP contribution >= 0.6 is 11.3 Å². The summed E-state index contributed by atoms with van der Waals surface area (Å²) in [5, 5.41) is 13.4. The van der Waals surface area contributed by atoms with Crippen molar-refractivity contribution in [3.8, 4) is 0 Å². The van der Waals surface area contributed by atoms with Crippen LogP contribution in [0.5, 0.6) is 0 Å². The van der Waals surface area contributed by atoms with Gasteiger partial charge in [0.05, 0.1) is 17.2 Å². The fourth-order valence-corrected chi connectivity index (χ4v) is 4.68. The van der Waals surface area contributed by atoms with Gasteiger partial charge >= 0.3 is 0 Å². The lowest BCUT2D eigenvalue weighted by atomic mass is 10.2. The molecule has 21 heavy (non-hydrogen) atoms. The molecule has 0 saturated carbocycles. The zero-order valence-electron chi connectivity index (χ0n) is 12.5. The molecule has 0 aliphatic rings. The molecule has 0 aliphatic carbocycles. The molecule has 6 nitrogen and oxygen atoms in total. The molecule has 2 N–H and O–H groups in total. The molecule has 0 radical (unpaired) electrons. The summed E-state index contributed by atoms with van der Waals surface area (Å²) in [6, 6.07) is 1.52. The standard InChI is InChI=1S/C13H19N3O3S2/c1-8-12(9(2)16(4)15-8)6-14-21(18,19)13-5-11(7-17)20-10(13)3/h5,14,17H,6-7H2,1-4H3. The number of hydrogen-bond donors (Lipinski definition) is 2. The fourth-order valence-electron chi connectivity index (χ4n) is 2.19. The maximum Gasteiger partial charge on any atom is 0.241 e. The Morgan fingerprint density at radius 3 is 2.52 bits per heavy atom. The molecule has 116 valence electrons. The van der Waals surface area contributed by atoms with Crippen LogP contribution in [-0.2, 0) is 30.2 Å². The SMILES string of the molecule is Cc1nn(C)c(C)c1CNS(=O)(=O)c1cc(CO)sc1C. The fraction of sp³-hybridized carbons (Fsp3) is 0.462. The van der Waals surface area contributed by atoms with Crippen molar-refractivity contribution in [3.05, 3.63) is 32.8 Å². The van der Waals surface area contributed by atoms with Crippen molar-refractivity contribution in [1.82, 2.24) is 14.5 Å². The summed E-state index contributed by atoms with van der Waals surface area (Å²) in [6.45, 7) is 5.55. The van der Waals surface area contributed by atoms with Gasteiger partial charge in [0.25, 0.3) is 0 Å². The summed E-state index contributed by atoms with van der Waals surface area (Å²) < 4.78 is 29.1. The van der Waals surface area contributed by atoms with Crippen LogP contribution in [-0.4, -0.2) is 23.3 Å². The predicted octanol–water partition coefficient (Wildman–Crippen LogP) is 1.38. The highest BCUT2D eigenvalue weighted by molar-refractivity contribution is 7.89. The van der Waals surface area contributed by atoms with E-state index < -0.39 is 10.0 Å². The third-order valence-corrected chi connectivity index (χ3v) is 6.16. The van der Waals surface area contributed by atoms with Gasteiger partial charge < -0.3 is 5.11 Å². The first-order valence-corrected chi connectivity index (χ1v) is 8.75. The third kappa shape index (κ3) is 3.18. The molecule has 2 aromatic heterocycles. The quantitative estimate of drug-likeness (QED) is 0.868. The largest absolute Gasteiger partial charge is 0.391 e. The Morgan fingerprint density at radius 2 is 2.05 bits per heavy atom. The number of nitrogens with zero attached hydrogens (tertiary/aromatic N) is 2.